The Morgan fingerprint density at radius 2 is 0.653 bits per heavy atom. The first-order valence-corrected chi connectivity index (χ1v) is 22.0. The minimum Gasteiger partial charge on any atom is -0.481 e. The van der Waals surface area contributed by atoms with E-state index in [9.17, 15) is 19.8 Å². The first-order valence-electron chi connectivity index (χ1n) is 22.0. The summed E-state index contributed by atoms with van der Waals surface area (Å²) < 4.78 is 0. The largest absolute Gasteiger partial charge is 0.481 e. The molecular formula is C45H88O4. The Labute approximate surface area is 307 Å². The molecule has 0 aliphatic carbocycles. The Hall–Kier alpha value is -1.06. The van der Waals surface area contributed by atoms with Gasteiger partial charge in [0.2, 0.25) is 0 Å². The van der Waals surface area contributed by atoms with Crippen LogP contribution in [-0.4, -0.2) is 22.2 Å². The second-order valence-electron chi connectivity index (χ2n) is 17.4. The molecule has 0 amide bonds. The summed E-state index contributed by atoms with van der Waals surface area (Å²) in [5, 5.41) is 20.5. The summed E-state index contributed by atoms with van der Waals surface area (Å²) in [6, 6.07) is 0. The highest BCUT2D eigenvalue weighted by atomic mass is 16.4. The lowest BCUT2D eigenvalue weighted by atomic mass is 9.65. The topological polar surface area (TPSA) is 74.6 Å². The van der Waals surface area contributed by atoms with Crippen LogP contribution in [0.1, 0.15) is 247 Å². The molecule has 4 heteroatoms. The van der Waals surface area contributed by atoms with Crippen molar-refractivity contribution in [1.82, 2.24) is 0 Å². The van der Waals surface area contributed by atoms with E-state index in [1.165, 1.54) is 135 Å². The van der Waals surface area contributed by atoms with Crippen molar-refractivity contribution in [2.45, 2.75) is 247 Å². The van der Waals surface area contributed by atoms with E-state index in [2.05, 4.69) is 41.5 Å². The van der Waals surface area contributed by atoms with Gasteiger partial charge in [0.25, 0.3) is 0 Å². The van der Waals surface area contributed by atoms with E-state index in [0.29, 0.717) is 19.3 Å². The quantitative estimate of drug-likeness (QED) is 0.0632. The maximum absolute atomic E-state index is 13.3. The molecule has 4 nitrogen and oxygen atoms in total. The fourth-order valence-corrected chi connectivity index (χ4v) is 8.03. The van der Waals surface area contributed by atoms with Crippen molar-refractivity contribution in [3.63, 3.8) is 0 Å². The van der Waals surface area contributed by atoms with E-state index < -0.39 is 17.4 Å². The van der Waals surface area contributed by atoms with E-state index in [0.717, 1.165) is 62.7 Å². The first kappa shape index (κ1) is 47.9. The van der Waals surface area contributed by atoms with Gasteiger partial charge in [-0.15, -0.1) is 0 Å². The van der Waals surface area contributed by atoms with Gasteiger partial charge in [-0.05, 0) is 49.4 Å². The molecule has 0 aromatic rings. The third-order valence-electron chi connectivity index (χ3n) is 11.3. The number of aliphatic carboxylic acids is 2. The molecular weight excluding hydrogens is 604 g/mol. The lowest BCUT2D eigenvalue weighted by Gasteiger charge is -2.38. The van der Waals surface area contributed by atoms with Gasteiger partial charge >= 0.3 is 11.9 Å². The lowest BCUT2D eigenvalue weighted by molar-refractivity contribution is -0.156. The molecule has 1 atom stereocenters. The normalized spacial score (nSPS) is 12.8. The number of carbonyl (C=O) groups is 2. The Kier molecular flexibility index (Phi) is 32.1. The number of hydrogen-bond acceptors (Lipinski definition) is 2. The third-order valence-corrected chi connectivity index (χ3v) is 11.3. The number of carboxylic acid groups (broad SMARTS) is 2. The summed E-state index contributed by atoms with van der Waals surface area (Å²) >= 11 is 0. The van der Waals surface area contributed by atoms with Gasteiger partial charge in [-0.25, -0.2) is 0 Å². The van der Waals surface area contributed by atoms with Crippen LogP contribution in [0, 0.1) is 29.1 Å². The van der Waals surface area contributed by atoms with Gasteiger partial charge in [-0.1, -0.05) is 215 Å². The number of unbranched alkanes of at least 4 members (excludes halogenated alkanes) is 21. The van der Waals surface area contributed by atoms with Gasteiger partial charge in [-0.2, -0.15) is 0 Å². The molecule has 0 spiro atoms. The van der Waals surface area contributed by atoms with Crippen LogP contribution in [0.2, 0.25) is 0 Å². The molecule has 1 unspecified atom stereocenters. The van der Waals surface area contributed by atoms with Crippen molar-refractivity contribution in [1.29, 1.82) is 0 Å². The minimum absolute atomic E-state index is 0.0425. The van der Waals surface area contributed by atoms with Gasteiger partial charge in [0.1, 0.15) is 0 Å². The minimum atomic E-state index is -0.788. The molecule has 0 aliphatic heterocycles. The van der Waals surface area contributed by atoms with Crippen LogP contribution >= 0.6 is 0 Å². The van der Waals surface area contributed by atoms with Crippen LogP contribution in [0.4, 0.5) is 0 Å². The zero-order valence-electron chi connectivity index (χ0n) is 34.1. The summed E-state index contributed by atoms with van der Waals surface area (Å²) in [4.78, 5) is 25.0. The highest BCUT2D eigenvalue weighted by Crippen LogP contribution is 2.45. The highest BCUT2D eigenvalue weighted by Gasteiger charge is 2.44. The predicted molar refractivity (Wildman–Crippen MR) is 213 cm³/mol. The zero-order chi connectivity index (χ0) is 36.6. The van der Waals surface area contributed by atoms with Crippen molar-refractivity contribution in [3.05, 3.63) is 0 Å². The van der Waals surface area contributed by atoms with Crippen molar-refractivity contribution in [3.8, 4) is 0 Å². The molecule has 0 fully saturated rings. The summed E-state index contributed by atoms with van der Waals surface area (Å²) in [5.74, 6) is 0.915. The Balaban J connectivity index is 5.10. The van der Waals surface area contributed by atoms with Gasteiger partial charge in [0, 0.05) is 6.42 Å². The van der Waals surface area contributed by atoms with Crippen LogP contribution in [0.25, 0.3) is 0 Å². The summed E-state index contributed by atoms with van der Waals surface area (Å²) in [5.41, 5.74) is -0.778. The fourth-order valence-electron chi connectivity index (χ4n) is 8.03. The third kappa shape index (κ3) is 29.2. The molecule has 0 radical (unpaired) electrons. The fraction of sp³-hybridized carbons (Fsp3) is 0.956. The average Bonchev–Trinajstić information content (AvgIpc) is 3.03. The van der Waals surface area contributed by atoms with Crippen molar-refractivity contribution >= 4 is 11.9 Å². The molecule has 2 N–H and O–H groups in total. The van der Waals surface area contributed by atoms with E-state index in [4.69, 9.17) is 0 Å². The standard InChI is InChI=1S/C45H88O4/c1-39(2)31-25-19-13-7-8-16-22-28-34-42(35-36-43(46)47)45(44(48)49,37-29-23-17-11-9-14-20-26-32-40(3)4)38-30-24-18-12-10-15-21-27-33-41(5)6/h39-42H,7-38H2,1-6H3,(H,46,47)(H,48,49). The molecule has 0 aromatic heterocycles. The smallest absolute Gasteiger partial charge is 0.309 e. The maximum Gasteiger partial charge on any atom is 0.309 e. The number of hydrogen-bond donors (Lipinski definition) is 2. The van der Waals surface area contributed by atoms with Crippen molar-refractivity contribution in [2.24, 2.45) is 29.1 Å². The van der Waals surface area contributed by atoms with E-state index in [-0.39, 0.29) is 12.3 Å². The number of carboxylic acids is 2. The maximum atomic E-state index is 13.3. The second-order valence-corrected chi connectivity index (χ2v) is 17.4. The Bertz CT molecular complexity index is 714. The highest BCUT2D eigenvalue weighted by molar-refractivity contribution is 5.75. The van der Waals surface area contributed by atoms with Crippen LogP contribution in [0.5, 0.6) is 0 Å². The van der Waals surface area contributed by atoms with Gasteiger partial charge < -0.3 is 10.2 Å². The van der Waals surface area contributed by atoms with Crippen LogP contribution in [0.15, 0.2) is 0 Å². The Morgan fingerprint density at radius 1 is 0.388 bits per heavy atom. The average molecular weight is 693 g/mol. The second kappa shape index (κ2) is 32.8. The molecule has 0 rings (SSSR count). The van der Waals surface area contributed by atoms with Gasteiger partial charge in [0.15, 0.2) is 0 Å². The van der Waals surface area contributed by atoms with Crippen LogP contribution < -0.4 is 0 Å². The molecule has 0 aliphatic rings. The molecule has 0 aromatic carbocycles. The van der Waals surface area contributed by atoms with Gasteiger partial charge in [-0.3, -0.25) is 9.59 Å². The SMILES string of the molecule is CC(C)CCCCCCCCCCC(CCC(=O)O)C(CCCCCCCCCCC(C)C)(CCCCCCCCCCC(C)C)C(=O)O. The zero-order valence-corrected chi connectivity index (χ0v) is 34.1. The van der Waals surface area contributed by atoms with Crippen LogP contribution in [0.3, 0.4) is 0 Å². The van der Waals surface area contributed by atoms with Crippen molar-refractivity contribution in [2.75, 3.05) is 0 Å². The lowest BCUT2D eigenvalue weighted by Crippen LogP contribution is -2.39. The van der Waals surface area contributed by atoms with Crippen LogP contribution in [-0.2, 0) is 9.59 Å². The van der Waals surface area contributed by atoms with Gasteiger partial charge in [0.05, 0.1) is 5.41 Å². The summed E-state index contributed by atoms with van der Waals surface area (Å²) in [6.07, 6.45) is 36.4. The van der Waals surface area contributed by atoms with E-state index >= 15 is 0 Å². The molecule has 0 saturated carbocycles. The first-order chi connectivity index (χ1) is 23.5. The van der Waals surface area contributed by atoms with Crippen molar-refractivity contribution < 1.29 is 19.8 Å². The molecule has 49 heavy (non-hydrogen) atoms. The molecule has 0 saturated heterocycles. The number of rotatable bonds is 38. The van der Waals surface area contributed by atoms with E-state index in [1.807, 2.05) is 0 Å². The summed E-state index contributed by atoms with van der Waals surface area (Å²) in [7, 11) is 0. The predicted octanol–water partition coefficient (Wildman–Crippen LogP) is 15.2. The summed E-state index contributed by atoms with van der Waals surface area (Å²) in [6.45, 7) is 13.8. The molecule has 0 heterocycles. The molecule has 0 bridgehead atoms. The Morgan fingerprint density at radius 3 is 0.918 bits per heavy atom. The monoisotopic (exact) mass is 693 g/mol. The molecule has 292 valence electrons. The van der Waals surface area contributed by atoms with E-state index in [1.54, 1.807) is 0 Å².